The normalized spacial score (nSPS) is 22.9. The molecule has 0 atom stereocenters. The van der Waals surface area contributed by atoms with Gasteiger partial charge in [0.25, 0.3) is 0 Å². The first-order valence-corrected chi connectivity index (χ1v) is 6.39. The van der Waals surface area contributed by atoms with Gasteiger partial charge in [-0.05, 0) is 37.1 Å². The molecule has 1 amide bonds. The second-order valence-electron chi connectivity index (χ2n) is 4.26. The molecular formula is C12H15BrN2O2. The van der Waals surface area contributed by atoms with Gasteiger partial charge in [0.2, 0.25) is 5.91 Å². The lowest BCUT2D eigenvalue weighted by Crippen LogP contribution is -2.46. The third-order valence-corrected chi connectivity index (χ3v) is 3.32. The summed E-state index contributed by atoms with van der Waals surface area (Å²) in [5.41, 5.74) is 0.786. The van der Waals surface area contributed by atoms with Gasteiger partial charge in [0.15, 0.2) is 0 Å². The van der Waals surface area contributed by atoms with Crippen molar-refractivity contribution in [3.63, 3.8) is 0 Å². The summed E-state index contributed by atoms with van der Waals surface area (Å²) in [5.74, 6) is -0.0614. The van der Waals surface area contributed by atoms with Gasteiger partial charge in [-0.15, -0.1) is 0 Å². The van der Waals surface area contributed by atoms with Crippen LogP contribution in [-0.4, -0.2) is 29.7 Å². The third kappa shape index (κ3) is 3.80. The van der Waals surface area contributed by atoms with Crippen LogP contribution in [0.2, 0.25) is 0 Å². The molecule has 17 heavy (non-hydrogen) atoms. The molecule has 0 heterocycles. The number of anilines is 1. The van der Waals surface area contributed by atoms with Gasteiger partial charge < -0.3 is 15.7 Å². The molecular weight excluding hydrogens is 284 g/mol. The van der Waals surface area contributed by atoms with Gasteiger partial charge in [-0.25, -0.2) is 0 Å². The van der Waals surface area contributed by atoms with E-state index in [0.717, 1.165) is 23.0 Å². The molecule has 1 aromatic rings. The van der Waals surface area contributed by atoms with Crippen molar-refractivity contribution in [1.29, 1.82) is 0 Å². The monoisotopic (exact) mass is 298 g/mol. The van der Waals surface area contributed by atoms with Crippen LogP contribution in [0.4, 0.5) is 5.69 Å². The summed E-state index contributed by atoms with van der Waals surface area (Å²) in [4.78, 5) is 11.6. The lowest BCUT2D eigenvalue weighted by Gasteiger charge is -2.31. The molecule has 0 bridgehead atoms. The van der Waals surface area contributed by atoms with Crippen LogP contribution in [0.3, 0.4) is 0 Å². The highest BCUT2D eigenvalue weighted by molar-refractivity contribution is 9.10. The number of carbonyl (C=O) groups excluding carboxylic acids is 1. The lowest BCUT2D eigenvalue weighted by atomic mass is 9.89. The Morgan fingerprint density at radius 1 is 1.35 bits per heavy atom. The summed E-state index contributed by atoms with van der Waals surface area (Å²) in [6, 6.07) is 7.72. The molecule has 0 aromatic heterocycles. The maximum absolute atomic E-state index is 11.6. The summed E-state index contributed by atoms with van der Waals surface area (Å²) < 4.78 is 0.983. The van der Waals surface area contributed by atoms with Crippen molar-refractivity contribution in [3.8, 4) is 0 Å². The van der Waals surface area contributed by atoms with Crippen molar-refractivity contribution in [2.45, 2.75) is 25.0 Å². The average molecular weight is 299 g/mol. The predicted molar refractivity (Wildman–Crippen MR) is 69.8 cm³/mol. The number of amides is 1. The molecule has 1 saturated carbocycles. The minimum absolute atomic E-state index is 0.0614. The standard InChI is InChI=1S/C12H15BrN2O2/c13-8-1-3-9(4-2-8)15-12(17)7-14-10-5-11(16)6-10/h1-4,10-11,14,16H,5-7H2,(H,15,17). The Bertz CT molecular complexity index is 388. The van der Waals surface area contributed by atoms with E-state index in [1.807, 2.05) is 24.3 Å². The van der Waals surface area contributed by atoms with Gasteiger partial charge in [-0.3, -0.25) is 4.79 Å². The average Bonchev–Trinajstić information content (AvgIpc) is 2.26. The zero-order valence-electron chi connectivity index (χ0n) is 9.32. The highest BCUT2D eigenvalue weighted by Gasteiger charge is 2.26. The Kier molecular flexibility index (Phi) is 4.15. The van der Waals surface area contributed by atoms with Crippen LogP contribution in [0.15, 0.2) is 28.7 Å². The van der Waals surface area contributed by atoms with Gasteiger partial charge >= 0.3 is 0 Å². The summed E-state index contributed by atoms with van der Waals surface area (Å²) in [5, 5.41) is 15.0. The molecule has 0 aliphatic heterocycles. The van der Waals surface area contributed by atoms with E-state index < -0.39 is 0 Å². The molecule has 4 nitrogen and oxygen atoms in total. The minimum atomic E-state index is -0.193. The summed E-state index contributed by atoms with van der Waals surface area (Å²) >= 11 is 3.34. The van der Waals surface area contributed by atoms with E-state index in [2.05, 4.69) is 26.6 Å². The van der Waals surface area contributed by atoms with Gasteiger partial charge in [0, 0.05) is 16.2 Å². The maximum Gasteiger partial charge on any atom is 0.238 e. The van der Waals surface area contributed by atoms with E-state index in [0.29, 0.717) is 0 Å². The number of hydrogen-bond acceptors (Lipinski definition) is 3. The Labute approximate surface area is 109 Å². The fourth-order valence-corrected chi connectivity index (χ4v) is 1.99. The first kappa shape index (κ1) is 12.5. The molecule has 1 aliphatic carbocycles. The smallest absolute Gasteiger partial charge is 0.238 e. The third-order valence-electron chi connectivity index (χ3n) is 2.79. The van der Waals surface area contributed by atoms with Crippen molar-refractivity contribution in [3.05, 3.63) is 28.7 Å². The van der Waals surface area contributed by atoms with E-state index in [9.17, 15) is 4.79 Å². The molecule has 0 unspecified atom stereocenters. The number of halogens is 1. The van der Waals surface area contributed by atoms with Crippen LogP contribution in [0.1, 0.15) is 12.8 Å². The van der Waals surface area contributed by atoms with Crippen molar-refractivity contribution in [2.75, 3.05) is 11.9 Å². The SMILES string of the molecule is O=C(CNC1CC(O)C1)Nc1ccc(Br)cc1. The zero-order chi connectivity index (χ0) is 12.3. The van der Waals surface area contributed by atoms with E-state index in [-0.39, 0.29) is 24.6 Å². The van der Waals surface area contributed by atoms with Crippen LogP contribution < -0.4 is 10.6 Å². The minimum Gasteiger partial charge on any atom is -0.393 e. The van der Waals surface area contributed by atoms with Gasteiger partial charge in [0.05, 0.1) is 12.6 Å². The number of benzene rings is 1. The molecule has 0 radical (unpaired) electrons. The lowest BCUT2D eigenvalue weighted by molar-refractivity contribution is -0.115. The van der Waals surface area contributed by atoms with Crippen LogP contribution in [0.25, 0.3) is 0 Å². The highest BCUT2D eigenvalue weighted by atomic mass is 79.9. The molecule has 0 saturated heterocycles. The molecule has 0 spiro atoms. The van der Waals surface area contributed by atoms with Gasteiger partial charge in [-0.1, -0.05) is 15.9 Å². The first-order valence-electron chi connectivity index (χ1n) is 5.60. The zero-order valence-corrected chi connectivity index (χ0v) is 10.9. The van der Waals surface area contributed by atoms with Crippen LogP contribution >= 0.6 is 15.9 Å². The summed E-state index contributed by atoms with van der Waals surface area (Å²) in [6.07, 6.45) is 1.29. The second-order valence-corrected chi connectivity index (χ2v) is 5.17. The van der Waals surface area contributed by atoms with Gasteiger partial charge in [0.1, 0.15) is 0 Å². The quantitative estimate of drug-likeness (QED) is 0.789. The molecule has 92 valence electrons. The highest BCUT2D eigenvalue weighted by Crippen LogP contribution is 2.19. The Hall–Kier alpha value is -0.910. The number of hydrogen-bond donors (Lipinski definition) is 3. The van der Waals surface area contributed by atoms with E-state index in [4.69, 9.17) is 5.11 Å². The van der Waals surface area contributed by atoms with E-state index in [1.165, 1.54) is 0 Å². The Morgan fingerprint density at radius 3 is 2.59 bits per heavy atom. The van der Waals surface area contributed by atoms with Crippen LogP contribution in [0, 0.1) is 0 Å². The van der Waals surface area contributed by atoms with Crippen LogP contribution in [0.5, 0.6) is 0 Å². The number of nitrogens with one attached hydrogen (secondary N) is 2. The maximum atomic E-state index is 11.6. The van der Waals surface area contributed by atoms with Crippen molar-refractivity contribution >= 4 is 27.5 Å². The summed E-state index contributed by atoms with van der Waals surface area (Å²) in [7, 11) is 0. The fourth-order valence-electron chi connectivity index (χ4n) is 1.73. The molecule has 1 aliphatic rings. The molecule has 3 N–H and O–H groups in total. The molecule has 1 aromatic carbocycles. The van der Waals surface area contributed by atoms with Gasteiger partial charge in [-0.2, -0.15) is 0 Å². The molecule has 1 fully saturated rings. The Balaban J connectivity index is 1.71. The van der Waals surface area contributed by atoms with E-state index >= 15 is 0 Å². The molecule has 5 heteroatoms. The second kappa shape index (κ2) is 5.62. The van der Waals surface area contributed by atoms with E-state index in [1.54, 1.807) is 0 Å². The first-order chi connectivity index (χ1) is 8.13. The van der Waals surface area contributed by atoms with Crippen molar-refractivity contribution in [2.24, 2.45) is 0 Å². The number of aliphatic hydroxyl groups is 1. The van der Waals surface area contributed by atoms with Crippen molar-refractivity contribution < 1.29 is 9.90 Å². The largest absolute Gasteiger partial charge is 0.393 e. The summed E-state index contributed by atoms with van der Waals surface area (Å²) in [6.45, 7) is 0.285. The fraction of sp³-hybridized carbons (Fsp3) is 0.417. The number of carbonyl (C=O) groups is 1. The number of rotatable bonds is 4. The topological polar surface area (TPSA) is 61.4 Å². The Morgan fingerprint density at radius 2 is 2.00 bits per heavy atom. The number of aliphatic hydroxyl groups excluding tert-OH is 1. The molecule has 2 rings (SSSR count). The predicted octanol–water partition coefficient (Wildman–Crippen LogP) is 1.50. The van der Waals surface area contributed by atoms with Crippen LogP contribution in [-0.2, 0) is 4.79 Å². The van der Waals surface area contributed by atoms with Crippen molar-refractivity contribution in [1.82, 2.24) is 5.32 Å².